The highest BCUT2D eigenvalue weighted by Crippen LogP contribution is 2.21. The topological polar surface area (TPSA) is 75.7 Å². The monoisotopic (exact) mass is 408 g/mol. The van der Waals surface area contributed by atoms with E-state index in [2.05, 4.69) is 12.2 Å². The Morgan fingerprint density at radius 2 is 1.80 bits per heavy atom. The molecule has 6 nitrogen and oxygen atoms in total. The summed E-state index contributed by atoms with van der Waals surface area (Å²) in [5.74, 6) is -1.49. The predicted molar refractivity (Wildman–Crippen MR) is 115 cm³/mol. The Morgan fingerprint density at radius 1 is 1.10 bits per heavy atom. The van der Waals surface area contributed by atoms with Crippen molar-refractivity contribution in [2.24, 2.45) is 5.92 Å². The summed E-state index contributed by atoms with van der Waals surface area (Å²) in [4.78, 5) is 38.8. The van der Waals surface area contributed by atoms with E-state index in [-0.39, 0.29) is 12.3 Å². The van der Waals surface area contributed by atoms with Crippen molar-refractivity contribution in [2.75, 3.05) is 18.4 Å². The molecular formula is C24H28N2O4. The number of amides is 2. The number of anilines is 1. The van der Waals surface area contributed by atoms with Gasteiger partial charge in [0.1, 0.15) is 0 Å². The maximum Gasteiger partial charge on any atom is 0.312 e. The van der Waals surface area contributed by atoms with Gasteiger partial charge in [-0.1, -0.05) is 49.4 Å². The Labute approximate surface area is 177 Å². The van der Waals surface area contributed by atoms with Crippen LogP contribution in [0.1, 0.15) is 31.4 Å². The summed E-state index contributed by atoms with van der Waals surface area (Å²) in [5.41, 5.74) is 2.98. The van der Waals surface area contributed by atoms with Gasteiger partial charge in [-0.15, -0.1) is 0 Å². The minimum Gasteiger partial charge on any atom is -0.452 e. The summed E-state index contributed by atoms with van der Waals surface area (Å²) in [7, 11) is 0. The van der Waals surface area contributed by atoms with Gasteiger partial charge in [0.05, 0.1) is 5.92 Å². The number of carbonyl (C=O) groups is 3. The molecule has 0 spiro atoms. The van der Waals surface area contributed by atoms with Crippen molar-refractivity contribution in [1.82, 2.24) is 4.90 Å². The lowest BCUT2D eigenvalue weighted by Gasteiger charge is -2.18. The van der Waals surface area contributed by atoms with Crippen LogP contribution >= 0.6 is 0 Å². The Morgan fingerprint density at radius 3 is 2.47 bits per heavy atom. The minimum atomic E-state index is -0.933. The van der Waals surface area contributed by atoms with Crippen LogP contribution in [0.5, 0.6) is 0 Å². The molecule has 1 aliphatic rings. The molecule has 1 aliphatic heterocycles. The van der Waals surface area contributed by atoms with Gasteiger partial charge in [-0.3, -0.25) is 14.4 Å². The third kappa shape index (κ3) is 5.69. The SMILES string of the molecule is CCc1ccc(NC(=O)[C@H](C)OC(=O)[C@@H]2CC(=O)N(CCc3ccccc3)C2)cc1. The molecule has 2 amide bonds. The molecule has 0 aliphatic carbocycles. The summed E-state index contributed by atoms with van der Waals surface area (Å²) in [5, 5.41) is 2.75. The summed E-state index contributed by atoms with van der Waals surface area (Å²) in [6.07, 6.45) is 0.853. The molecule has 0 aromatic heterocycles. The van der Waals surface area contributed by atoms with Gasteiger partial charge in [-0.2, -0.15) is 0 Å². The van der Waals surface area contributed by atoms with Gasteiger partial charge < -0.3 is 15.0 Å². The number of rotatable bonds is 8. The van der Waals surface area contributed by atoms with Gasteiger partial charge in [0, 0.05) is 25.2 Å². The fourth-order valence-corrected chi connectivity index (χ4v) is 3.45. The number of hydrogen-bond acceptors (Lipinski definition) is 4. The van der Waals surface area contributed by atoms with E-state index in [0.29, 0.717) is 18.8 Å². The number of ether oxygens (including phenoxy) is 1. The highest BCUT2D eigenvalue weighted by Gasteiger charge is 2.36. The van der Waals surface area contributed by atoms with Crippen LogP contribution in [-0.2, 0) is 32.0 Å². The molecule has 1 heterocycles. The maximum absolute atomic E-state index is 12.5. The predicted octanol–water partition coefficient (Wildman–Crippen LogP) is 3.21. The van der Waals surface area contributed by atoms with E-state index >= 15 is 0 Å². The van der Waals surface area contributed by atoms with Gasteiger partial charge in [0.2, 0.25) is 5.91 Å². The first-order valence-electron chi connectivity index (χ1n) is 10.4. The Kier molecular flexibility index (Phi) is 7.22. The van der Waals surface area contributed by atoms with Crippen LogP contribution in [0.2, 0.25) is 0 Å². The lowest BCUT2D eigenvalue weighted by Crippen LogP contribution is -2.33. The molecule has 2 aromatic rings. The molecule has 2 aromatic carbocycles. The van der Waals surface area contributed by atoms with E-state index in [0.717, 1.165) is 18.4 Å². The highest BCUT2D eigenvalue weighted by atomic mass is 16.5. The smallest absolute Gasteiger partial charge is 0.312 e. The molecule has 0 radical (unpaired) electrons. The number of aryl methyl sites for hydroxylation is 1. The number of esters is 1. The summed E-state index contributed by atoms with van der Waals surface area (Å²) in [6.45, 7) is 4.50. The maximum atomic E-state index is 12.5. The van der Waals surface area contributed by atoms with Crippen molar-refractivity contribution in [1.29, 1.82) is 0 Å². The van der Waals surface area contributed by atoms with Crippen molar-refractivity contribution in [2.45, 2.75) is 39.2 Å². The van der Waals surface area contributed by atoms with Crippen molar-refractivity contribution in [3.05, 3.63) is 65.7 Å². The standard InChI is InChI=1S/C24H28N2O4/c1-3-18-9-11-21(12-10-18)25-23(28)17(2)30-24(29)20-15-22(27)26(16-20)14-13-19-7-5-4-6-8-19/h4-12,17,20H,3,13-16H2,1-2H3,(H,25,28)/t17-,20+/m0/s1. The van der Waals surface area contributed by atoms with Crippen molar-refractivity contribution >= 4 is 23.5 Å². The first-order valence-corrected chi connectivity index (χ1v) is 10.4. The van der Waals surface area contributed by atoms with Gasteiger partial charge in [0.25, 0.3) is 5.91 Å². The second kappa shape index (κ2) is 10.1. The molecule has 30 heavy (non-hydrogen) atoms. The number of carbonyl (C=O) groups excluding carboxylic acids is 3. The van der Waals surface area contributed by atoms with Crippen LogP contribution < -0.4 is 5.32 Å². The number of benzene rings is 2. The number of likely N-dealkylation sites (tertiary alicyclic amines) is 1. The second-order valence-corrected chi connectivity index (χ2v) is 7.60. The third-order valence-electron chi connectivity index (χ3n) is 5.35. The van der Waals surface area contributed by atoms with E-state index in [9.17, 15) is 14.4 Å². The van der Waals surface area contributed by atoms with Crippen LogP contribution in [-0.4, -0.2) is 41.9 Å². The quantitative estimate of drug-likeness (QED) is 0.681. The molecular weight excluding hydrogens is 380 g/mol. The molecule has 158 valence electrons. The van der Waals surface area contributed by atoms with Crippen molar-refractivity contribution in [3.8, 4) is 0 Å². The normalized spacial score (nSPS) is 16.9. The highest BCUT2D eigenvalue weighted by molar-refractivity contribution is 5.95. The number of hydrogen-bond donors (Lipinski definition) is 1. The molecule has 1 saturated heterocycles. The molecule has 0 unspecified atom stereocenters. The molecule has 3 rings (SSSR count). The zero-order valence-corrected chi connectivity index (χ0v) is 17.5. The van der Waals surface area contributed by atoms with Crippen molar-refractivity contribution < 1.29 is 19.1 Å². The summed E-state index contributed by atoms with van der Waals surface area (Å²) >= 11 is 0. The van der Waals surface area contributed by atoms with Gasteiger partial charge in [-0.25, -0.2) is 0 Å². The van der Waals surface area contributed by atoms with E-state index < -0.39 is 23.9 Å². The fraction of sp³-hybridized carbons (Fsp3) is 0.375. The van der Waals surface area contributed by atoms with Crippen LogP contribution in [0, 0.1) is 5.92 Å². The lowest BCUT2D eigenvalue weighted by molar-refractivity contribution is -0.157. The van der Waals surface area contributed by atoms with Crippen LogP contribution in [0.25, 0.3) is 0 Å². The van der Waals surface area contributed by atoms with Gasteiger partial charge in [0.15, 0.2) is 6.10 Å². The zero-order valence-electron chi connectivity index (χ0n) is 17.5. The molecule has 0 saturated carbocycles. The number of nitrogens with zero attached hydrogens (tertiary/aromatic N) is 1. The largest absolute Gasteiger partial charge is 0.452 e. The van der Waals surface area contributed by atoms with E-state index in [4.69, 9.17) is 4.74 Å². The first kappa shape index (κ1) is 21.6. The van der Waals surface area contributed by atoms with Gasteiger partial charge >= 0.3 is 5.97 Å². The first-order chi connectivity index (χ1) is 14.5. The second-order valence-electron chi connectivity index (χ2n) is 7.60. The molecule has 6 heteroatoms. The van der Waals surface area contributed by atoms with Crippen LogP contribution in [0.4, 0.5) is 5.69 Å². The third-order valence-corrected chi connectivity index (χ3v) is 5.35. The van der Waals surface area contributed by atoms with E-state index in [1.807, 2.05) is 54.6 Å². The van der Waals surface area contributed by atoms with Crippen molar-refractivity contribution in [3.63, 3.8) is 0 Å². The molecule has 2 atom stereocenters. The van der Waals surface area contributed by atoms with Gasteiger partial charge in [-0.05, 0) is 43.0 Å². The van der Waals surface area contributed by atoms with Crippen LogP contribution in [0.3, 0.4) is 0 Å². The number of nitrogens with one attached hydrogen (secondary N) is 1. The Hall–Kier alpha value is -3.15. The van der Waals surface area contributed by atoms with Crippen LogP contribution in [0.15, 0.2) is 54.6 Å². The molecule has 1 fully saturated rings. The average Bonchev–Trinajstić information content (AvgIpc) is 3.14. The zero-order chi connectivity index (χ0) is 21.5. The molecule has 0 bridgehead atoms. The fourth-order valence-electron chi connectivity index (χ4n) is 3.45. The summed E-state index contributed by atoms with van der Waals surface area (Å²) in [6, 6.07) is 17.5. The van der Waals surface area contributed by atoms with E-state index in [1.54, 1.807) is 4.90 Å². The molecule has 1 N–H and O–H groups in total. The minimum absolute atomic E-state index is 0.0546. The van der Waals surface area contributed by atoms with E-state index in [1.165, 1.54) is 12.5 Å². The Bertz CT molecular complexity index is 880. The average molecular weight is 408 g/mol. The lowest BCUT2D eigenvalue weighted by atomic mass is 10.1. The Balaban J connectivity index is 1.47. The summed E-state index contributed by atoms with van der Waals surface area (Å²) < 4.78 is 5.34.